The zero-order valence-electron chi connectivity index (χ0n) is 12.6. The first-order chi connectivity index (χ1) is 9.72. The summed E-state index contributed by atoms with van der Waals surface area (Å²) in [6.07, 6.45) is 1.46. The van der Waals surface area contributed by atoms with Gasteiger partial charge >= 0.3 is 0 Å². The van der Waals surface area contributed by atoms with Gasteiger partial charge < -0.3 is 15.4 Å². The quantitative estimate of drug-likeness (QED) is 0.907. The Morgan fingerprint density at radius 1 is 1.29 bits per heavy atom. The molecule has 1 aromatic rings. The number of benzene rings is 1. The van der Waals surface area contributed by atoms with Crippen molar-refractivity contribution in [3.05, 3.63) is 35.9 Å². The molecule has 1 amide bonds. The van der Waals surface area contributed by atoms with E-state index >= 15 is 0 Å². The number of amides is 1. The number of halogens is 1. The van der Waals surface area contributed by atoms with Gasteiger partial charge in [0.15, 0.2) is 0 Å². The maximum atomic E-state index is 12.9. The first kappa shape index (κ1) is 18.0. The summed E-state index contributed by atoms with van der Waals surface area (Å²) < 4.78 is 5.38. The van der Waals surface area contributed by atoms with Crippen molar-refractivity contribution in [2.75, 3.05) is 26.3 Å². The highest BCUT2D eigenvalue weighted by atomic mass is 35.5. The predicted octanol–water partition coefficient (Wildman–Crippen LogP) is 2.21. The number of nitrogens with two attached hydrogens (primary N) is 1. The van der Waals surface area contributed by atoms with Gasteiger partial charge in [0.25, 0.3) is 0 Å². The number of hydrogen-bond donors (Lipinski definition) is 1. The van der Waals surface area contributed by atoms with Gasteiger partial charge in [-0.2, -0.15) is 0 Å². The maximum Gasteiger partial charge on any atom is 0.230 e. The number of carbonyl (C=O) groups is 1. The molecule has 0 aliphatic carbocycles. The van der Waals surface area contributed by atoms with E-state index in [9.17, 15) is 4.79 Å². The Kier molecular flexibility index (Phi) is 7.15. The van der Waals surface area contributed by atoms with Crippen molar-refractivity contribution in [1.29, 1.82) is 0 Å². The Morgan fingerprint density at radius 2 is 1.90 bits per heavy atom. The van der Waals surface area contributed by atoms with Gasteiger partial charge in [0.2, 0.25) is 5.91 Å². The van der Waals surface area contributed by atoms with E-state index < -0.39 is 5.41 Å². The molecule has 0 atom stereocenters. The van der Waals surface area contributed by atoms with Crippen molar-refractivity contribution in [2.45, 2.75) is 26.3 Å². The number of rotatable bonds is 5. The minimum atomic E-state index is -0.428. The summed E-state index contributed by atoms with van der Waals surface area (Å²) in [4.78, 5) is 14.8. The average molecular weight is 313 g/mol. The van der Waals surface area contributed by atoms with Crippen LogP contribution in [-0.4, -0.2) is 37.1 Å². The van der Waals surface area contributed by atoms with E-state index in [1.165, 1.54) is 0 Å². The van der Waals surface area contributed by atoms with Crippen LogP contribution in [0.5, 0.6) is 0 Å². The monoisotopic (exact) mass is 312 g/mol. The molecule has 1 aliphatic heterocycles. The van der Waals surface area contributed by atoms with Crippen LogP contribution in [0.1, 0.15) is 25.3 Å². The van der Waals surface area contributed by atoms with Crippen molar-refractivity contribution in [3.63, 3.8) is 0 Å². The van der Waals surface area contributed by atoms with Gasteiger partial charge in [0.1, 0.15) is 0 Å². The van der Waals surface area contributed by atoms with E-state index in [-0.39, 0.29) is 18.3 Å². The van der Waals surface area contributed by atoms with Gasteiger partial charge in [-0.25, -0.2) is 0 Å². The number of nitrogens with zero attached hydrogens (tertiary/aromatic N) is 1. The normalized spacial score (nSPS) is 16.9. The highest BCUT2D eigenvalue weighted by Crippen LogP contribution is 2.32. The molecule has 21 heavy (non-hydrogen) atoms. The van der Waals surface area contributed by atoms with Crippen molar-refractivity contribution in [2.24, 2.45) is 11.1 Å². The summed E-state index contributed by atoms with van der Waals surface area (Å²) in [6, 6.07) is 10.1. The summed E-state index contributed by atoms with van der Waals surface area (Å²) in [5.74, 6) is 0.176. The Morgan fingerprint density at radius 3 is 2.43 bits per heavy atom. The second-order valence-corrected chi connectivity index (χ2v) is 5.40. The van der Waals surface area contributed by atoms with Crippen LogP contribution in [-0.2, 0) is 16.1 Å². The van der Waals surface area contributed by atoms with E-state index in [2.05, 4.69) is 12.1 Å². The fraction of sp³-hybridized carbons (Fsp3) is 0.562. The molecule has 0 unspecified atom stereocenters. The fourth-order valence-electron chi connectivity index (χ4n) is 2.73. The molecule has 118 valence electrons. The third-order valence-electron chi connectivity index (χ3n) is 4.18. The molecule has 0 radical (unpaired) electrons. The van der Waals surface area contributed by atoms with Gasteiger partial charge in [-0.05, 0) is 25.3 Å². The van der Waals surface area contributed by atoms with Crippen LogP contribution in [0.15, 0.2) is 30.3 Å². The smallest absolute Gasteiger partial charge is 0.230 e. The first-order valence-corrected chi connectivity index (χ1v) is 7.33. The Balaban J connectivity index is 0.00000220. The lowest BCUT2D eigenvalue weighted by atomic mass is 9.78. The van der Waals surface area contributed by atoms with E-state index in [0.717, 1.165) is 18.4 Å². The molecule has 0 spiro atoms. The summed E-state index contributed by atoms with van der Waals surface area (Å²) in [5.41, 5.74) is 6.65. The molecular weight excluding hydrogens is 288 g/mol. The molecule has 0 bridgehead atoms. The van der Waals surface area contributed by atoms with E-state index in [1.807, 2.05) is 30.0 Å². The Labute approximate surface area is 133 Å². The van der Waals surface area contributed by atoms with Crippen molar-refractivity contribution < 1.29 is 9.53 Å². The van der Waals surface area contributed by atoms with Crippen LogP contribution >= 0.6 is 12.4 Å². The standard InChI is InChI=1S/C16H24N2O2.ClH/c1-2-18(12-14-6-4-3-5-7-14)15(19)16(13-17)8-10-20-11-9-16;/h3-7H,2,8-13,17H2,1H3;1H. The molecular formula is C16H25ClN2O2. The van der Waals surface area contributed by atoms with E-state index in [0.29, 0.717) is 32.8 Å². The molecule has 0 saturated carbocycles. The lowest BCUT2D eigenvalue weighted by Crippen LogP contribution is -2.50. The van der Waals surface area contributed by atoms with Crippen LogP contribution in [0.2, 0.25) is 0 Å². The molecule has 0 aromatic heterocycles. The van der Waals surface area contributed by atoms with Crippen molar-refractivity contribution in [3.8, 4) is 0 Å². The third-order valence-corrected chi connectivity index (χ3v) is 4.18. The lowest BCUT2D eigenvalue weighted by Gasteiger charge is -2.38. The molecule has 2 N–H and O–H groups in total. The van der Waals surface area contributed by atoms with Crippen LogP contribution < -0.4 is 5.73 Å². The maximum absolute atomic E-state index is 12.9. The SMILES string of the molecule is CCN(Cc1ccccc1)C(=O)C1(CN)CCOCC1.Cl. The van der Waals surface area contributed by atoms with Crippen molar-refractivity contribution >= 4 is 18.3 Å². The molecule has 1 heterocycles. The third kappa shape index (κ3) is 4.19. The molecule has 1 saturated heterocycles. The van der Waals surface area contributed by atoms with Crippen LogP contribution in [0.3, 0.4) is 0 Å². The second-order valence-electron chi connectivity index (χ2n) is 5.40. The van der Waals surface area contributed by atoms with Crippen molar-refractivity contribution in [1.82, 2.24) is 4.90 Å². The van der Waals surface area contributed by atoms with Gasteiger partial charge in [-0.15, -0.1) is 12.4 Å². The minimum absolute atomic E-state index is 0. The highest BCUT2D eigenvalue weighted by Gasteiger charge is 2.41. The topological polar surface area (TPSA) is 55.6 Å². The van der Waals surface area contributed by atoms with Crippen LogP contribution in [0.25, 0.3) is 0 Å². The molecule has 1 aliphatic rings. The Bertz CT molecular complexity index is 433. The summed E-state index contributed by atoms with van der Waals surface area (Å²) in [6.45, 7) is 5.04. The molecule has 4 nitrogen and oxygen atoms in total. The molecule has 5 heteroatoms. The number of carbonyl (C=O) groups excluding carboxylic acids is 1. The Hall–Kier alpha value is -1.10. The zero-order chi connectivity index (χ0) is 14.4. The second kappa shape index (κ2) is 8.37. The van der Waals surface area contributed by atoms with Crippen LogP contribution in [0, 0.1) is 5.41 Å². The summed E-state index contributed by atoms with van der Waals surface area (Å²) in [7, 11) is 0. The number of ether oxygens (including phenoxy) is 1. The fourth-order valence-corrected chi connectivity index (χ4v) is 2.73. The first-order valence-electron chi connectivity index (χ1n) is 7.33. The minimum Gasteiger partial charge on any atom is -0.381 e. The lowest BCUT2D eigenvalue weighted by molar-refractivity contribution is -0.147. The van der Waals surface area contributed by atoms with E-state index in [4.69, 9.17) is 10.5 Å². The van der Waals surface area contributed by atoms with E-state index in [1.54, 1.807) is 0 Å². The van der Waals surface area contributed by atoms with Gasteiger partial charge in [-0.3, -0.25) is 4.79 Å². The average Bonchev–Trinajstić information content (AvgIpc) is 2.53. The molecule has 1 aromatic carbocycles. The summed E-state index contributed by atoms with van der Waals surface area (Å²) >= 11 is 0. The molecule has 2 rings (SSSR count). The highest BCUT2D eigenvalue weighted by molar-refractivity contribution is 5.85. The predicted molar refractivity (Wildman–Crippen MR) is 86.3 cm³/mol. The number of hydrogen-bond acceptors (Lipinski definition) is 3. The largest absolute Gasteiger partial charge is 0.381 e. The van der Waals surface area contributed by atoms with Gasteiger partial charge in [-0.1, -0.05) is 30.3 Å². The zero-order valence-corrected chi connectivity index (χ0v) is 13.4. The van der Waals surface area contributed by atoms with Gasteiger partial charge in [0.05, 0.1) is 5.41 Å². The molecule has 1 fully saturated rings. The van der Waals surface area contributed by atoms with Gasteiger partial charge in [0, 0.05) is 32.8 Å². The van der Waals surface area contributed by atoms with Crippen LogP contribution in [0.4, 0.5) is 0 Å². The summed E-state index contributed by atoms with van der Waals surface area (Å²) in [5, 5.41) is 0.